The molecule has 8 heteroatoms. The Bertz CT molecular complexity index is 1030. The summed E-state index contributed by atoms with van der Waals surface area (Å²) in [5, 5.41) is 5.68. The van der Waals surface area contributed by atoms with Gasteiger partial charge in [-0.1, -0.05) is 36.8 Å². The third-order valence-corrected chi connectivity index (χ3v) is 7.36. The molecule has 1 aliphatic rings. The van der Waals surface area contributed by atoms with Gasteiger partial charge >= 0.3 is 0 Å². The van der Waals surface area contributed by atoms with Crippen LogP contribution in [0.1, 0.15) is 42.1 Å². The predicted molar refractivity (Wildman–Crippen MR) is 120 cm³/mol. The average molecular weight is 444 g/mol. The van der Waals surface area contributed by atoms with E-state index in [0.29, 0.717) is 30.6 Å². The number of hydrogen-bond donors (Lipinski definition) is 2. The fourth-order valence-corrected chi connectivity index (χ4v) is 5.05. The molecule has 0 atom stereocenters. The number of nitrogens with zero attached hydrogens (tertiary/aromatic N) is 1. The van der Waals surface area contributed by atoms with Crippen molar-refractivity contribution < 1.29 is 18.0 Å². The highest BCUT2D eigenvalue weighted by Crippen LogP contribution is 2.26. The summed E-state index contributed by atoms with van der Waals surface area (Å²) in [5.74, 6) is -0.726. The van der Waals surface area contributed by atoms with Crippen molar-refractivity contribution >= 4 is 27.5 Å². The van der Waals surface area contributed by atoms with Gasteiger partial charge in [0.25, 0.3) is 5.91 Å². The van der Waals surface area contributed by atoms with Crippen LogP contribution in [-0.4, -0.2) is 44.2 Å². The summed E-state index contributed by atoms with van der Waals surface area (Å²) in [6.07, 6.45) is 1.69. The third-order valence-electron chi connectivity index (χ3n) is 5.45. The molecule has 2 aromatic carbocycles. The molecule has 1 fully saturated rings. The molecule has 1 heterocycles. The lowest BCUT2D eigenvalue weighted by Gasteiger charge is -2.30. The van der Waals surface area contributed by atoms with Gasteiger partial charge in [-0.15, -0.1) is 0 Å². The first-order valence-corrected chi connectivity index (χ1v) is 12.0. The van der Waals surface area contributed by atoms with Crippen LogP contribution in [0.3, 0.4) is 0 Å². The summed E-state index contributed by atoms with van der Waals surface area (Å²) in [7, 11) is -3.56. The van der Waals surface area contributed by atoms with Crippen LogP contribution in [0.5, 0.6) is 0 Å². The summed E-state index contributed by atoms with van der Waals surface area (Å²) in [4.78, 5) is 25.4. The number of nitrogens with one attached hydrogen (secondary N) is 2. The Balaban J connectivity index is 1.62. The second kappa shape index (κ2) is 10.1. The van der Waals surface area contributed by atoms with Gasteiger partial charge in [-0.05, 0) is 50.5 Å². The molecule has 0 bridgehead atoms. The molecular formula is C23H29N3O4S. The molecule has 7 nitrogen and oxygen atoms in total. The van der Waals surface area contributed by atoms with E-state index in [9.17, 15) is 18.0 Å². The zero-order valence-electron chi connectivity index (χ0n) is 17.9. The van der Waals surface area contributed by atoms with Gasteiger partial charge in [0, 0.05) is 25.6 Å². The first kappa shape index (κ1) is 23.0. The van der Waals surface area contributed by atoms with E-state index in [-0.39, 0.29) is 35.7 Å². The summed E-state index contributed by atoms with van der Waals surface area (Å²) < 4.78 is 27.1. The van der Waals surface area contributed by atoms with Gasteiger partial charge in [0.15, 0.2) is 0 Å². The molecule has 1 aliphatic heterocycles. The maximum atomic E-state index is 12.9. The number of piperidine rings is 1. The Kier molecular flexibility index (Phi) is 7.46. The van der Waals surface area contributed by atoms with E-state index in [2.05, 4.69) is 10.6 Å². The number of sulfonamides is 1. The number of benzene rings is 2. The number of carbonyl (C=O) groups excluding carboxylic acids is 2. The van der Waals surface area contributed by atoms with Crippen LogP contribution < -0.4 is 10.6 Å². The van der Waals surface area contributed by atoms with Gasteiger partial charge in [0.05, 0.1) is 16.1 Å². The van der Waals surface area contributed by atoms with Gasteiger partial charge in [-0.25, -0.2) is 8.42 Å². The topological polar surface area (TPSA) is 95.6 Å². The minimum Gasteiger partial charge on any atom is -0.352 e. The standard InChI is InChI=1S/C23H29N3O4S/c1-3-14-24-23(28)20-6-4-5-7-21(20)25-22(27)18-12-15-26(16-13-18)31(29,30)19-10-8-17(2)9-11-19/h4-11,18H,3,12-16H2,1-2H3,(H,24,28)(H,25,27). The minimum atomic E-state index is -3.56. The molecular weight excluding hydrogens is 414 g/mol. The van der Waals surface area contributed by atoms with Crippen LogP contribution in [0.2, 0.25) is 0 Å². The van der Waals surface area contributed by atoms with Gasteiger partial charge < -0.3 is 10.6 Å². The Labute approximate surface area is 183 Å². The monoisotopic (exact) mass is 443 g/mol. The van der Waals surface area contributed by atoms with E-state index in [0.717, 1.165) is 12.0 Å². The number of anilines is 1. The van der Waals surface area contributed by atoms with Gasteiger partial charge in [0.2, 0.25) is 15.9 Å². The van der Waals surface area contributed by atoms with Gasteiger partial charge in [-0.3, -0.25) is 9.59 Å². The van der Waals surface area contributed by atoms with Gasteiger partial charge in [-0.2, -0.15) is 4.31 Å². The maximum absolute atomic E-state index is 12.9. The van der Waals surface area contributed by atoms with E-state index < -0.39 is 10.0 Å². The quantitative estimate of drug-likeness (QED) is 0.687. The first-order chi connectivity index (χ1) is 14.8. The molecule has 0 unspecified atom stereocenters. The van der Waals surface area contributed by atoms with E-state index >= 15 is 0 Å². The van der Waals surface area contributed by atoms with Crippen molar-refractivity contribution in [2.45, 2.75) is 38.0 Å². The normalized spacial score (nSPS) is 15.4. The van der Waals surface area contributed by atoms with Crippen molar-refractivity contribution in [2.24, 2.45) is 5.92 Å². The summed E-state index contributed by atoms with van der Waals surface area (Å²) in [6.45, 7) is 5.01. The molecule has 2 N–H and O–H groups in total. The van der Waals surface area contributed by atoms with Crippen molar-refractivity contribution in [2.75, 3.05) is 25.0 Å². The summed E-state index contributed by atoms with van der Waals surface area (Å²) in [6, 6.07) is 13.7. The van der Waals surface area contributed by atoms with Crippen molar-refractivity contribution in [3.8, 4) is 0 Å². The van der Waals surface area contributed by atoms with Crippen molar-refractivity contribution in [1.29, 1.82) is 0 Å². The highest BCUT2D eigenvalue weighted by molar-refractivity contribution is 7.89. The van der Waals surface area contributed by atoms with Gasteiger partial charge in [0.1, 0.15) is 0 Å². The Morgan fingerprint density at radius 3 is 2.32 bits per heavy atom. The number of rotatable bonds is 7. The van der Waals surface area contributed by atoms with Crippen LogP contribution in [-0.2, 0) is 14.8 Å². The number of aryl methyl sites for hydroxylation is 1. The second-order valence-electron chi connectivity index (χ2n) is 7.78. The van der Waals surface area contributed by atoms with Crippen molar-refractivity contribution in [1.82, 2.24) is 9.62 Å². The number of amides is 2. The molecule has 0 aromatic heterocycles. The Morgan fingerprint density at radius 2 is 1.68 bits per heavy atom. The largest absolute Gasteiger partial charge is 0.352 e. The summed E-state index contributed by atoms with van der Waals surface area (Å²) in [5.41, 5.74) is 1.89. The van der Waals surface area contributed by atoms with E-state index in [1.54, 1.807) is 48.5 Å². The highest BCUT2D eigenvalue weighted by atomic mass is 32.2. The number of hydrogen-bond acceptors (Lipinski definition) is 4. The average Bonchev–Trinajstić information content (AvgIpc) is 2.78. The molecule has 0 aliphatic carbocycles. The summed E-state index contributed by atoms with van der Waals surface area (Å²) >= 11 is 0. The Hall–Kier alpha value is -2.71. The van der Waals surface area contributed by atoms with Crippen LogP contribution in [0.4, 0.5) is 5.69 Å². The van der Waals surface area contributed by atoms with Crippen molar-refractivity contribution in [3.63, 3.8) is 0 Å². The third kappa shape index (κ3) is 5.51. The van der Waals surface area contributed by atoms with Crippen LogP contribution in [0, 0.1) is 12.8 Å². The van der Waals surface area contributed by atoms with E-state index in [1.165, 1.54) is 4.31 Å². The second-order valence-corrected chi connectivity index (χ2v) is 9.72. The van der Waals surface area contributed by atoms with E-state index in [1.807, 2.05) is 13.8 Å². The molecule has 3 rings (SSSR count). The molecule has 2 amide bonds. The Morgan fingerprint density at radius 1 is 1.03 bits per heavy atom. The highest BCUT2D eigenvalue weighted by Gasteiger charge is 2.32. The van der Waals surface area contributed by atoms with E-state index in [4.69, 9.17) is 0 Å². The molecule has 0 radical (unpaired) electrons. The number of carbonyl (C=O) groups is 2. The lowest BCUT2D eigenvalue weighted by molar-refractivity contribution is -0.120. The van der Waals surface area contributed by atoms with Crippen LogP contribution in [0.25, 0.3) is 0 Å². The zero-order chi connectivity index (χ0) is 22.4. The van der Waals surface area contributed by atoms with Crippen LogP contribution in [0.15, 0.2) is 53.4 Å². The molecule has 0 spiro atoms. The zero-order valence-corrected chi connectivity index (χ0v) is 18.7. The SMILES string of the molecule is CCCNC(=O)c1ccccc1NC(=O)C1CCN(S(=O)(=O)c2ccc(C)cc2)CC1. The predicted octanol–water partition coefficient (Wildman–Crippen LogP) is 3.17. The smallest absolute Gasteiger partial charge is 0.253 e. The maximum Gasteiger partial charge on any atom is 0.253 e. The number of para-hydroxylation sites is 1. The lowest BCUT2D eigenvalue weighted by atomic mass is 9.97. The first-order valence-electron chi connectivity index (χ1n) is 10.6. The molecule has 0 saturated carbocycles. The fourth-order valence-electron chi connectivity index (χ4n) is 3.58. The minimum absolute atomic E-state index is 0.192. The molecule has 1 saturated heterocycles. The molecule has 31 heavy (non-hydrogen) atoms. The van der Waals surface area contributed by atoms with Crippen molar-refractivity contribution in [3.05, 3.63) is 59.7 Å². The lowest BCUT2D eigenvalue weighted by Crippen LogP contribution is -2.41. The van der Waals surface area contributed by atoms with Crippen LogP contribution >= 0.6 is 0 Å². The molecule has 166 valence electrons. The fraction of sp³-hybridized carbons (Fsp3) is 0.391. The molecule has 2 aromatic rings.